The maximum atomic E-state index is 11.5. The minimum absolute atomic E-state index is 0.0433. The number of hydrogen-bond acceptors (Lipinski definition) is 3. The van der Waals surface area contributed by atoms with Crippen LogP contribution in [0.5, 0.6) is 0 Å². The van der Waals surface area contributed by atoms with Crippen molar-refractivity contribution >= 4 is 5.91 Å². The molecule has 1 amide bonds. The van der Waals surface area contributed by atoms with Gasteiger partial charge in [-0.05, 0) is 17.5 Å². The van der Waals surface area contributed by atoms with Gasteiger partial charge < -0.3 is 15.8 Å². The number of ether oxygens (including phenoxy) is 1. The monoisotopic (exact) mass is 220 g/mol. The number of carbonyl (C=O) groups is 1. The molecule has 3 N–H and O–H groups in total. The van der Waals surface area contributed by atoms with E-state index in [1.54, 1.807) is 0 Å². The van der Waals surface area contributed by atoms with Crippen LogP contribution in [0.25, 0.3) is 0 Å². The molecule has 16 heavy (non-hydrogen) atoms. The molecule has 0 radical (unpaired) electrons. The number of fused-ring (bicyclic) bond motifs is 1. The molecule has 2 rings (SSSR count). The van der Waals surface area contributed by atoms with Crippen molar-refractivity contribution in [1.29, 1.82) is 0 Å². The standard InChI is InChI=1S/C12H16N2O2/c1-16-7-11(15)14-12-9-5-3-2-4-8(9)6-10(12)13/h2-5,10,12H,6-7,13H2,1H3,(H,14,15). The van der Waals surface area contributed by atoms with Gasteiger partial charge in [-0.25, -0.2) is 0 Å². The van der Waals surface area contributed by atoms with Crippen molar-refractivity contribution < 1.29 is 9.53 Å². The van der Waals surface area contributed by atoms with Gasteiger partial charge in [-0.1, -0.05) is 24.3 Å². The van der Waals surface area contributed by atoms with Gasteiger partial charge in [-0.3, -0.25) is 4.79 Å². The van der Waals surface area contributed by atoms with E-state index in [1.165, 1.54) is 12.7 Å². The summed E-state index contributed by atoms with van der Waals surface area (Å²) in [5, 5.41) is 2.90. The van der Waals surface area contributed by atoms with Crippen molar-refractivity contribution in [2.45, 2.75) is 18.5 Å². The molecule has 2 unspecified atom stereocenters. The Hall–Kier alpha value is -1.39. The van der Waals surface area contributed by atoms with E-state index >= 15 is 0 Å². The second-order valence-corrected chi connectivity index (χ2v) is 4.04. The molecule has 1 aromatic carbocycles. The van der Waals surface area contributed by atoms with E-state index < -0.39 is 0 Å². The average molecular weight is 220 g/mol. The highest BCUT2D eigenvalue weighted by Crippen LogP contribution is 2.29. The summed E-state index contributed by atoms with van der Waals surface area (Å²) in [7, 11) is 1.50. The largest absolute Gasteiger partial charge is 0.375 e. The second kappa shape index (κ2) is 4.63. The van der Waals surface area contributed by atoms with E-state index in [-0.39, 0.29) is 24.6 Å². The van der Waals surface area contributed by atoms with Crippen LogP contribution < -0.4 is 11.1 Å². The molecule has 0 saturated heterocycles. The molecule has 0 heterocycles. The first-order valence-corrected chi connectivity index (χ1v) is 5.34. The Morgan fingerprint density at radius 2 is 2.31 bits per heavy atom. The summed E-state index contributed by atoms with van der Waals surface area (Å²) in [6.45, 7) is 0.0748. The number of nitrogens with two attached hydrogens (primary N) is 1. The van der Waals surface area contributed by atoms with Gasteiger partial charge in [0.2, 0.25) is 5.91 Å². The SMILES string of the molecule is COCC(=O)NC1c2ccccc2CC1N. The molecule has 4 heteroatoms. The number of carbonyl (C=O) groups excluding carboxylic acids is 1. The Bertz CT molecular complexity index is 392. The molecule has 0 aromatic heterocycles. The highest BCUT2D eigenvalue weighted by atomic mass is 16.5. The van der Waals surface area contributed by atoms with E-state index in [2.05, 4.69) is 11.4 Å². The van der Waals surface area contributed by atoms with Gasteiger partial charge >= 0.3 is 0 Å². The molecule has 86 valence electrons. The van der Waals surface area contributed by atoms with Crippen LogP contribution >= 0.6 is 0 Å². The number of benzene rings is 1. The van der Waals surface area contributed by atoms with Gasteiger partial charge in [0.1, 0.15) is 6.61 Å². The summed E-state index contributed by atoms with van der Waals surface area (Å²) in [6, 6.07) is 7.89. The first-order chi connectivity index (χ1) is 7.72. The highest BCUT2D eigenvalue weighted by Gasteiger charge is 2.30. The van der Waals surface area contributed by atoms with Crippen molar-refractivity contribution in [3.8, 4) is 0 Å². The number of amides is 1. The zero-order valence-electron chi connectivity index (χ0n) is 9.27. The topological polar surface area (TPSA) is 64.3 Å². The first-order valence-electron chi connectivity index (χ1n) is 5.34. The average Bonchev–Trinajstić information content (AvgIpc) is 2.56. The lowest BCUT2D eigenvalue weighted by atomic mass is 10.1. The normalized spacial score (nSPS) is 22.9. The van der Waals surface area contributed by atoms with Crippen LogP contribution in [-0.2, 0) is 16.0 Å². The van der Waals surface area contributed by atoms with Crippen LogP contribution in [0.15, 0.2) is 24.3 Å². The number of rotatable bonds is 3. The van der Waals surface area contributed by atoms with Gasteiger partial charge in [0.15, 0.2) is 0 Å². The lowest BCUT2D eigenvalue weighted by Crippen LogP contribution is -2.39. The lowest BCUT2D eigenvalue weighted by Gasteiger charge is -2.18. The number of methoxy groups -OCH3 is 1. The zero-order chi connectivity index (χ0) is 11.5. The van der Waals surface area contributed by atoms with E-state index in [0.717, 1.165) is 12.0 Å². The first kappa shape index (κ1) is 11.1. The third-order valence-electron chi connectivity index (χ3n) is 2.87. The maximum absolute atomic E-state index is 11.5. The minimum atomic E-state index is -0.125. The maximum Gasteiger partial charge on any atom is 0.246 e. The smallest absolute Gasteiger partial charge is 0.246 e. The summed E-state index contributed by atoms with van der Waals surface area (Å²) in [5.74, 6) is -0.125. The molecule has 1 aliphatic rings. The van der Waals surface area contributed by atoms with Crippen LogP contribution in [-0.4, -0.2) is 25.7 Å². The minimum Gasteiger partial charge on any atom is -0.375 e. The van der Waals surface area contributed by atoms with E-state index in [9.17, 15) is 4.79 Å². The highest BCUT2D eigenvalue weighted by molar-refractivity contribution is 5.78. The number of hydrogen-bond donors (Lipinski definition) is 2. The van der Waals surface area contributed by atoms with Gasteiger partial charge in [0.05, 0.1) is 6.04 Å². The van der Waals surface area contributed by atoms with Crippen LogP contribution in [0.4, 0.5) is 0 Å². The molecule has 0 bridgehead atoms. The van der Waals surface area contributed by atoms with Crippen LogP contribution in [0.3, 0.4) is 0 Å². The second-order valence-electron chi connectivity index (χ2n) is 4.04. The number of nitrogens with one attached hydrogen (secondary N) is 1. The van der Waals surface area contributed by atoms with Crippen molar-refractivity contribution in [2.75, 3.05) is 13.7 Å². The van der Waals surface area contributed by atoms with Crippen molar-refractivity contribution in [2.24, 2.45) is 5.73 Å². The summed E-state index contributed by atoms with van der Waals surface area (Å²) >= 11 is 0. The van der Waals surface area contributed by atoms with E-state index in [0.29, 0.717) is 0 Å². The zero-order valence-corrected chi connectivity index (χ0v) is 9.27. The van der Waals surface area contributed by atoms with Crippen molar-refractivity contribution in [3.05, 3.63) is 35.4 Å². The van der Waals surface area contributed by atoms with E-state index in [1.807, 2.05) is 18.2 Å². The lowest BCUT2D eigenvalue weighted by molar-refractivity contribution is -0.125. The van der Waals surface area contributed by atoms with Crippen molar-refractivity contribution in [3.63, 3.8) is 0 Å². The van der Waals surface area contributed by atoms with Crippen LogP contribution in [0.2, 0.25) is 0 Å². The Balaban J connectivity index is 2.13. The Kier molecular flexibility index (Phi) is 3.22. The molecule has 0 fully saturated rings. The Labute approximate surface area is 94.8 Å². The molecule has 1 aliphatic carbocycles. The van der Waals surface area contributed by atoms with Gasteiger partial charge in [-0.15, -0.1) is 0 Å². The molecule has 0 aliphatic heterocycles. The van der Waals surface area contributed by atoms with Gasteiger partial charge in [-0.2, -0.15) is 0 Å². The molecule has 2 atom stereocenters. The molecular formula is C12H16N2O2. The quantitative estimate of drug-likeness (QED) is 0.773. The molecule has 1 aromatic rings. The predicted molar refractivity (Wildman–Crippen MR) is 60.9 cm³/mol. The Morgan fingerprint density at radius 3 is 3.06 bits per heavy atom. The molecule has 0 saturated carbocycles. The van der Waals surface area contributed by atoms with Crippen molar-refractivity contribution in [1.82, 2.24) is 5.32 Å². The van der Waals surface area contributed by atoms with Gasteiger partial charge in [0, 0.05) is 13.2 Å². The van der Waals surface area contributed by atoms with Crippen LogP contribution in [0, 0.1) is 0 Å². The molecular weight excluding hydrogens is 204 g/mol. The summed E-state index contributed by atoms with van der Waals surface area (Å²) in [4.78, 5) is 11.5. The third kappa shape index (κ3) is 2.08. The fourth-order valence-electron chi connectivity index (χ4n) is 2.16. The van der Waals surface area contributed by atoms with Gasteiger partial charge in [0.25, 0.3) is 0 Å². The third-order valence-corrected chi connectivity index (χ3v) is 2.87. The fraction of sp³-hybridized carbons (Fsp3) is 0.417. The summed E-state index contributed by atoms with van der Waals surface area (Å²) in [6.07, 6.45) is 0.814. The van der Waals surface area contributed by atoms with E-state index in [4.69, 9.17) is 10.5 Å². The molecule has 4 nitrogen and oxygen atoms in total. The molecule has 0 spiro atoms. The summed E-state index contributed by atoms with van der Waals surface area (Å²) in [5.41, 5.74) is 8.36. The Morgan fingerprint density at radius 1 is 1.56 bits per heavy atom. The summed E-state index contributed by atoms with van der Waals surface area (Å²) < 4.78 is 4.78. The predicted octanol–water partition coefficient (Wildman–Crippen LogP) is 0.374. The van der Waals surface area contributed by atoms with Crippen LogP contribution in [0.1, 0.15) is 17.2 Å². The fourth-order valence-corrected chi connectivity index (χ4v) is 2.16.